The van der Waals surface area contributed by atoms with Crippen molar-refractivity contribution in [3.63, 3.8) is 0 Å². The van der Waals surface area contributed by atoms with Crippen LogP contribution in [0, 0.1) is 11.6 Å². The van der Waals surface area contributed by atoms with Crippen molar-refractivity contribution < 1.29 is 13.5 Å². The van der Waals surface area contributed by atoms with E-state index >= 15 is 0 Å². The summed E-state index contributed by atoms with van der Waals surface area (Å²) in [6.45, 7) is 6.19. The lowest BCUT2D eigenvalue weighted by atomic mass is 10.0. The van der Waals surface area contributed by atoms with E-state index in [-0.39, 0.29) is 41.7 Å². The standard InChI is InChI=1S/C16H23F2N3O.HI/c1-3-19-15(21-11-16(2)7-4-8-22-16)20-10-12-9-13(17)5-6-14(12)18;/h5-6,9H,3-4,7-8,10-11H2,1-2H3,(H2,19,20,21);1H. The van der Waals surface area contributed by atoms with Crippen molar-refractivity contribution in [2.45, 2.75) is 38.8 Å². The number of ether oxygens (including phenoxy) is 1. The Labute approximate surface area is 153 Å². The molecule has 2 N–H and O–H groups in total. The number of guanidine groups is 1. The van der Waals surface area contributed by atoms with Crippen molar-refractivity contribution in [3.8, 4) is 0 Å². The molecular formula is C16H24F2IN3O. The number of halogens is 3. The normalized spacial score (nSPS) is 21.0. The number of rotatable bonds is 5. The van der Waals surface area contributed by atoms with Gasteiger partial charge in [-0.3, -0.25) is 0 Å². The summed E-state index contributed by atoms with van der Waals surface area (Å²) in [7, 11) is 0. The molecule has 2 rings (SSSR count). The Morgan fingerprint density at radius 3 is 2.78 bits per heavy atom. The Morgan fingerprint density at radius 1 is 1.35 bits per heavy atom. The van der Waals surface area contributed by atoms with Crippen LogP contribution in [-0.4, -0.2) is 31.3 Å². The van der Waals surface area contributed by atoms with Crippen LogP contribution >= 0.6 is 24.0 Å². The van der Waals surface area contributed by atoms with Gasteiger partial charge in [-0.2, -0.15) is 0 Å². The molecule has 1 aliphatic heterocycles. The number of hydrogen-bond donors (Lipinski definition) is 2. The summed E-state index contributed by atoms with van der Waals surface area (Å²) in [4.78, 5) is 4.31. The lowest BCUT2D eigenvalue weighted by Gasteiger charge is -2.24. The molecule has 23 heavy (non-hydrogen) atoms. The highest BCUT2D eigenvalue weighted by atomic mass is 127. The largest absolute Gasteiger partial charge is 0.373 e. The van der Waals surface area contributed by atoms with Gasteiger partial charge in [0.25, 0.3) is 0 Å². The average molecular weight is 439 g/mol. The molecule has 1 saturated heterocycles. The molecule has 0 radical (unpaired) electrons. The maximum Gasteiger partial charge on any atom is 0.191 e. The Bertz CT molecular complexity index is 534. The molecule has 1 unspecified atom stereocenters. The second-order valence-corrected chi connectivity index (χ2v) is 5.69. The Balaban J connectivity index is 0.00000264. The fourth-order valence-electron chi connectivity index (χ4n) is 2.42. The van der Waals surface area contributed by atoms with Crippen LogP contribution in [-0.2, 0) is 11.3 Å². The minimum atomic E-state index is -0.462. The monoisotopic (exact) mass is 439 g/mol. The highest BCUT2D eigenvalue weighted by Gasteiger charge is 2.29. The van der Waals surface area contributed by atoms with Gasteiger partial charge in [0.05, 0.1) is 12.1 Å². The van der Waals surface area contributed by atoms with Crippen molar-refractivity contribution in [3.05, 3.63) is 35.4 Å². The van der Waals surface area contributed by atoms with Crippen LogP contribution in [0.15, 0.2) is 23.2 Å². The zero-order valence-electron chi connectivity index (χ0n) is 13.5. The first kappa shape index (κ1) is 20.1. The molecule has 0 saturated carbocycles. The molecule has 1 atom stereocenters. The molecule has 1 aliphatic rings. The highest BCUT2D eigenvalue weighted by Crippen LogP contribution is 2.23. The zero-order valence-corrected chi connectivity index (χ0v) is 15.8. The Morgan fingerprint density at radius 2 is 2.13 bits per heavy atom. The van der Waals surface area contributed by atoms with Gasteiger partial charge in [-0.25, -0.2) is 13.8 Å². The molecule has 0 spiro atoms. The lowest BCUT2D eigenvalue weighted by molar-refractivity contribution is 0.0243. The van der Waals surface area contributed by atoms with E-state index in [9.17, 15) is 8.78 Å². The fourth-order valence-corrected chi connectivity index (χ4v) is 2.42. The van der Waals surface area contributed by atoms with Crippen LogP contribution in [0.25, 0.3) is 0 Å². The molecule has 0 aliphatic carbocycles. The molecule has 0 amide bonds. The molecule has 4 nitrogen and oxygen atoms in total. The third-order valence-electron chi connectivity index (χ3n) is 3.69. The van der Waals surface area contributed by atoms with Crippen molar-refractivity contribution >= 4 is 29.9 Å². The van der Waals surface area contributed by atoms with Gasteiger partial charge < -0.3 is 15.4 Å². The Hall–Kier alpha value is -0.960. The average Bonchev–Trinajstić information content (AvgIpc) is 2.92. The quantitative estimate of drug-likeness (QED) is 0.421. The van der Waals surface area contributed by atoms with Crippen molar-refractivity contribution in [2.24, 2.45) is 4.99 Å². The maximum atomic E-state index is 13.6. The molecule has 1 aromatic carbocycles. The van der Waals surface area contributed by atoms with E-state index in [1.807, 2.05) is 6.92 Å². The Kier molecular flexibility index (Phi) is 8.18. The molecule has 0 bridgehead atoms. The summed E-state index contributed by atoms with van der Waals surface area (Å²) >= 11 is 0. The van der Waals surface area contributed by atoms with Crippen molar-refractivity contribution in [2.75, 3.05) is 19.7 Å². The van der Waals surface area contributed by atoms with Gasteiger partial charge in [0, 0.05) is 25.3 Å². The molecule has 1 fully saturated rings. The van der Waals surface area contributed by atoms with Gasteiger partial charge in [-0.1, -0.05) is 0 Å². The minimum absolute atomic E-state index is 0. The minimum Gasteiger partial charge on any atom is -0.373 e. The number of nitrogens with zero attached hydrogens (tertiary/aromatic N) is 1. The highest BCUT2D eigenvalue weighted by molar-refractivity contribution is 14.0. The predicted octanol–water partition coefficient (Wildman–Crippen LogP) is 3.21. The number of benzene rings is 1. The molecule has 130 valence electrons. The van der Waals surface area contributed by atoms with Crippen LogP contribution in [0.2, 0.25) is 0 Å². The van der Waals surface area contributed by atoms with Gasteiger partial charge in [0.1, 0.15) is 11.6 Å². The van der Waals surface area contributed by atoms with Gasteiger partial charge >= 0.3 is 0 Å². The molecule has 0 aromatic heterocycles. The van der Waals surface area contributed by atoms with Crippen LogP contribution in [0.1, 0.15) is 32.3 Å². The van der Waals surface area contributed by atoms with Gasteiger partial charge in [0.2, 0.25) is 0 Å². The first-order valence-corrected chi connectivity index (χ1v) is 7.62. The molecule has 1 heterocycles. The van der Waals surface area contributed by atoms with Crippen LogP contribution in [0.3, 0.4) is 0 Å². The van der Waals surface area contributed by atoms with Gasteiger partial charge in [-0.15, -0.1) is 24.0 Å². The van der Waals surface area contributed by atoms with E-state index in [4.69, 9.17) is 4.74 Å². The number of aliphatic imine (C=N–C) groups is 1. The topological polar surface area (TPSA) is 45.7 Å². The number of hydrogen-bond acceptors (Lipinski definition) is 2. The maximum absolute atomic E-state index is 13.6. The summed E-state index contributed by atoms with van der Waals surface area (Å²) in [5.74, 6) is -0.341. The summed E-state index contributed by atoms with van der Waals surface area (Å²) in [6.07, 6.45) is 2.05. The van der Waals surface area contributed by atoms with E-state index in [1.54, 1.807) is 0 Å². The smallest absolute Gasteiger partial charge is 0.191 e. The van der Waals surface area contributed by atoms with Gasteiger partial charge in [0.15, 0.2) is 5.96 Å². The summed E-state index contributed by atoms with van der Waals surface area (Å²) in [5, 5.41) is 6.30. The third-order valence-corrected chi connectivity index (χ3v) is 3.69. The molecular weight excluding hydrogens is 415 g/mol. The number of nitrogens with one attached hydrogen (secondary N) is 2. The van der Waals surface area contributed by atoms with Crippen LogP contribution in [0.4, 0.5) is 8.78 Å². The zero-order chi connectivity index (χ0) is 16.0. The first-order chi connectivity index (χ1) is 10.5. The molecule has 1 aromatic rings. The second kappa shape index (κ2) is 9.36. The van der Waals surface area contributed by atoms with Gasteiger partial charge in [-0.05, 0) is 44.9 Å². The third kappa shape index (κ3) is 6.21. The van der Waals surface area contributed by atoms with E-state index in [0.29, 0.717) is 19.0 Å². The second-order valence-electron chi connectivity index (χ2n) is 5.69. The lowest BCUT2D eigenvalue weighted by Crippen LogP contribution is -2.45. The van der Waals surface area contributed by atoms with Crippen molar-refractivity contribution in [1.82, 2.24) is 10.6 Å². The van der Waals surface area contributed by atoms with E-state index in [2.05, 4.69) is 22.5 Å². The SMILES string of the molecule is CCNC(=NCc1cc(F)ccc1F)NCC1(C)CCCO1.I. The van der Waals surface area contributed by atoms with E-state index < -0.39 is 11.6 Å². The summed E-state index contributed by atoms with van der Waals surface area (Å²) in [6, 6.07) is 3.39. The van der Waals surface area contributed by atoms with Crippen LogP contribution in [0.5, 0.6) is 0 Å². The van der Waals surface area contributed by atoms with Crippen LogP contribution < -0.4 is 10.6 Å². The molecule has 7 heteroatoms. The summed E-state index contributed by atoms with van der Waals surface area (Å²) in [5.41, 5.74) is 0.0425. The van der Waals surface area contributed by atoms with E-state index in [0.717, 1.165) is 31.6 Å². The fraction of sp³-hybridized carbons (Fsp3) is 0.562. The summed E-state index contributed by atoms with van der Waals surface area (Å²) < 4.78 is 32.5. The predicted molar refractivity (Wildman–Crippen MR) is 98.2 cm³/mol. The van der Waals surface area contributed by atoms with E-state index in [1.165, 1.54) is 6.07 Å². The van der Waals surface area contributed by atoms with Crippen molar-refractivity contribution in [1.29, 1.82) is 0 Å². The first-order valence-electron chi connectivity index (χ1n) is 7.62.